The first kappa shape index (κ1) is 23.1. The zero-order valence-electron chi connectivity index (χ0n) is 21.4. The van der Waals surface area contributed by atoms with Gasteiger partial charge in [-0.15, -0.1) is 0 Å². The molecule has 0 N–H and O–H groups in total. The minimum Gasteiger partial charge on any atom is -0.465 e. The molecule has 0 saturated heterocycles. The van der Waals surface area contributed by atoms with Gasteiger partial charge in [0.05, 0.1) is 12.7 Å². The maximum absolute atomic E-state index is 12.9. The molecule has 4 heteroatoms. The highest BCUT2D eigenvalue weighted by molar-refractivity contribution is 6.01. The summed E-state index contributed by atoms with van der Waals surface area (Å²) in [5.41, 5.74) is 8.62. The summed E-state index contributed by atoms with van der Waals surface area (Å²) >= 11 is 0. The third-order valence-corrected chi connectivity index (χ3v) is 7.60. The number of hydrogen-bond acceptors (Lipinski definition) is 2. The van der Waals surface area contributed by atoms with Crippen molar-refractivity contribution in [1.29, 1.82) is 0 Å². The molecule has 0 saturated carbocycles. The van der Waals surface area contributed by atoms with E-state index in [9.17, 15) is 4.79 Å². The predicted octanol–water partition coefficient (Wildman–Crippen LogP) is 7.71. The maximum Gasteiger partial charge on any atom is 0.338 e. The average molecular weight is 487 g/mol. The Kier molecular flexibility index (Phi) is 5.80. The topological polar surface area (TPSA) is 36.2 Å². The van der Waals surface area contributed by atoms with Crippen LogP contribution in [0, 0.1) is 0 Å². The molecular weight excluding hydrogens is 456 g/mol. The van der Waals surface area contributed by atoms with Crippen molar-refractivity contribution < 1.29 is 9.53 Å². The summed E-state index contributed by atoms with van der Waals surface area (Å²) in [7, 11) is 1.45. The van der Waals surface area contributed by atoms with E-state index in [0.717, 1.165) is 29.8 Å². The van der Waals surface area contributed by atoms with Gasteiger partial charge in [-0.2, -0.15) is 0 Å². The summed E-state index contributed by atoms with van der Waals surface area (Å²) in [5.74, 6) is -0.383. The van der Waals surface area contributed by atoms with Gasteiger partial charge >= 0.3 is 5.97 Å². The second-order valence-electron chi connectivity index (χ2n) is 9.45. The molecule has 184 valence electrons. The molecule has 2 aromatic carbocycles. The van der Waals surface area contributed by atoms with Gasteiger partial charge in [-0.25, -0.2) is 4.79 Å². The van der Waals surface area contributed by atoms with Crippen molar-refractivity contribution in [2.75, 3.05) is 7.11 Å². The molecule has 0 fully saturated rings. The van der Waals surface area contributed by atoms with Crippen molar-refractivity contribution >= 4 is 27.8 Å². The number of fused-ring (bicyclic) bond motifs is 3. The lowest BCUT2D eigenvalue weighted by molar-refractivity contribution is 0.0602. The van der Waals surface area contributed by atoms with Gasteiger partial charge in [0.25, 0.3) is 0 Å². The van der Waals surface area contributed by atoms with E-state index in [1.807, 2.05) is 18.2 Å². The smallest absolute Gasteiger partial charge is 0.338 e. The molecule has 6 rings (SSSR count). The summed E-state index contributed by atoms with van der Waals surface area (Å²) < 4.78 is 9.86. The first-order chi connectivity index (χ1) is 18.2. The number of benzene rings is 2. The minimum atomic E-state index is -0.312. The Morgan fingerprint density at radius 3 is 1.76 bits per heavy atom. The summed E-state index contributed by atoms with van der Waals surface area (Å²) in [6.45, 7) is 6.13. The molecule has 0 aliphatic heterocycles. The van der Waals surface area contributed by atoms with Gasteiger partial charge in [-0.3, -0.25) is 0 Å². The van der Waals surface area contributed by atoms with Crippen molar-refractivity contribution in [3.63, 3.8) is 0 Å². The molecule has 2 aromatic heterocycles. The molecule has 2 aliphatic carbocycles. The average Bonchev–Trinajstić information content (AvgIpc) is 3.55. The molecule has 0 atom stereocenters. The number of methoxy groups -OCH3 is 1. The van der Waals surface area contributed by atoms with Crippen molar-refractivity contribution in [2.24, 2.45) is 0 Å². The third kappa shape index (κ3) is 3.63. The quantitative estimate of drug-likeness (QED) is 0.226. The number of aromatic nitrogens is 2. The highest BCUT2D eigenvalue weighted by atomic mass is 16.5. The number of carbonyl (C=O) groups excluding carboxylic acids is 1. The lowest BCUT2D eigenvalue weighted by atomic mass is 9.84. The molecule has 0 unspecified atom stereocenters. The van der Waals surface area contributed by atoms with Crippen LogP contribution < -0.4 is 0 Å². The van der Waals surface area contributed by atoms with Crippen LogP contribution in [0.3, 0.4) is 0 Å². The number of nitrogens with zero attached hydrogens (tertiary/aromatic N) is 2. The van der Waals surface area contributed by atoms with Crippen LogP contribution in [0.1, 0.15) is 46.8 Å². The van der Waals surface area contributed by atoms with Gasteiger partial charge < -0.3 is 13.9 Å². The zero-order chi connectivity index (χ0) is 25.5. The predicted molar refractivity (Wildman–Crippen MR) is 151 cm³/mol. The van der Waals surface area contributed by atoms with Crippen LogP contribution in [0.4, 0.5) is 0 Å². The Bertz CT molecular complexity index is 1640. The van der Waals surface area contributed by atoms with E-state index in [1.54, 1.807) is 0 Å². The van der Waals surface area contributed by atoms with Crippen molar-refractivity contribution in [2.45, 2.75) is 32.9 Å². The fourth-order valence-corrected chi connectivity index (χ4v) is 5.90. The van der Waals surface area contributed by atoms with Gasteiger partial charge in [-0.05, 0) is 59.9 Å². The van der Waals surface area contributed by atoms with E-state index < -0.39 is 0 Å². The Morgan fingerprint density at radius 2 is 1.22 bits per heavy atom. The zero-order valence-corrected chi connectivity index (χ0v) is 21.4. The Labute approximate surface area is 217 Å². The van der Waals surface area contributed by atoms with E-state index in [2.05, 4.69) is 102 Å². The van der Waals surface area contributed by atoms with E-state index in [0.29, 0.717) is 5.56 Å². The molecule has 0 bridgehead atoms. The number of aryl methyl sites for hydroxylation is 2. The van der Waals surface area contributed by atoms with Crippen LogP contribution in [-0.2, 0) is 17.8 Å². The first-order valence-electron chi connectivity index (χ1n) is 12.9. The first-order valence-corrected chi connectivity index (χ1v) is 12.9. The number of ether oxygens (including phenoxy) is 1. The van der Waals surface area contributed by atoms with Crippen molar-refractivity contribution in [1.82, 2.24) is 9.13 Å². The van der Waals surface area contributed by atoms with Gasteiger partial charge in [-0.1, -0.05) is 66.7 Å². The summed E-state index contributed by atoms with van der Waals surface area (Å²) in [6, 6.07) is 29.5. The van der Waals surface area contributed by atoms with Crippen molar-refractivity contribution in [3.8, 4) is 11.1 Å². The van der Waals surface area contributed by atoms with Gasteiger partial charge in [0.1, 0.15) is 0 Å². The van der Waals surface area contributed by atoms with Crippen LogP contribution in [0.15, 0.2) is 97.3 Å². The fourth-order valence-electron chi connectivity index (χ4n) is 5.90. The second-order valence-corrected chi connectivity index (χ2v) is 9.45. The Morgan fingerprint density at radius 1 is 0.703 bits per heavy atom. The van der Waals surface area contributed by atoms with Gasteiger partial charge in [0.2, 0.25) is 0 Å². The van der Waals surface area contributed by atoms with Crippen LogP contribution >= 0.6 is 0 Å². The number of hydrogen-bond donors (Lipinski definition) is 0. The summed E-state index contributed by atoms with van der Waals surface area (Å²) in [6.07, 6.45) is 4.60. The van der Waals surface area contributed by atoms with E-state index >= 15 is 0 Å². The monoisotopic (exact) mass is 486 g/mol. The number of carbonyl (C=O) groups is 1. The highest BCUT2D eigenvalue weighted by Crippen LogP contribution is 2.46. The molecule has 2 aliphatic rings. The molecule has 0 radical (unpaired) electrons. The third-order valence-electron chi connectivity index (χ3n) is 7.60. The lowest BCUT2D eigenvalue weighted by Gasteiger charge is -2.18. The van der Waals surface area contributed by atoms with Crippen LogP contribution in [0.25, 0.3) is 32.9 Å². The van der Waals surface area contributed by atoms with Crippen LogP contribution in [0.2, 0.25) is 0 Å². The SMILES string of the molecule is CCn1cc(C(c2cc(C(=O)OC)c3cccccc2-3)c2cn(CC)c3ccccc23)c2ccccc21. The fraction of sp³-hybridized carbons (Fsp3) is 0.182. The lowest BCUT2D eigenvalue weighted by Crippen LogP contribution is -2.03. The highest BCUT2D eigenvalue weighted by Gasteiger charge is 2.31. The van der Waals surface area contributed by atoms with Crippen molar-refractivity contribution in [3.05, 3.63) is 120 Å². The Balaban J connectivity index is 1.74. The van der Waals surface area contributed by atoms with E-state index in [1.165, 1.54) is 40.0 Å². The van der Waals surface area contributed by atoms with Crippen LogP contribution in [-0.4, -0.2) is 22.2 Å². The molecule has 37 heavy (non-hydrogen) atoms. The van der Waals surface area contributed by atoms with E-state index in [-0.39, 0.29) is 11.9 Å². The minimum absolute atomic E-state index is 0.0706. The number of rotatable bonds is 6. The molecule has 0 spiro atoms. The molecular formula is C33H30N2O2. The van der Waals surface area contributed by atoms with E-state index in [4.69, 9.17) is 4.74 Å². The van der Waals surface area contributed by atoms with Gasteiger partial charge in [0, 0.05) is 53.2 Å². The van der Waals surface area contributed by atoms with Gasteiger partial charge in [0.15, 0.2) is 0 Å². The molecule has 0 amide bonds. The summed E-state index contributed by atoms with van der Waals surface area (Å²) in [4.78, 5) is 12.9. The standard InChI is InChI=1S/C33H30N2O2/c1-4-34-20-28(24-15-9-11-17-30(24)34)32(29-21-35(5-2)31-18-12-10-16-25(29)31)26-19-27(33(36)37-3)23-14-8-6-7-13-22(23)26/h6-21,32H,4-5H2,1-3H3. The largest absolute Gasteiger partial charge is 0.465 e. The second kappa shape index (κ2) is 9.29. The Hall–Kier alpha value is -4.31. The molecule has 2 heterocycles. The molecule has 4 aromatic rings. The normalized spacial score (nSPS) is 11.7. The maximum atomic E-state index is 12.9. The van der Waals surface area contributed by atoms with Crippen LogP contribution in [0.5, 0.6) is 0 Å². The molecule has 4 nitrogen and oxygen atoms in total. The number of esters is 1. The summed E-state index contributed by atoms with van der Waals surface area (Å²) in [5, 5.41) is 2.47. The number of para-hydroxylation sites is 2.